The first kappa shape index (κ1) is 13.9. The van der Waals surface area contributed by atoms with E-state index in [4.69, 9.17) is 17.3 Å². The molecule has 1 aromatic rings. The molecule has 0 saturated carbocycles. The lowest BCUT2D eigenvalue weighted by molar-refractivity contribution is 0.637. The molecule has 1 nitrogen and oxygen atoms in total. The quantitative estimate of drug-likeness (QED) is 0.781. The third kappa shape index (κ3) is 4.36. The molecule has 0 aliphatic heterocycles. The van der Waals surface area contributed by atoms with Crippen LogP contribution < -0.4 is 5.73 Å². The fraction of sp³-hybridized carbons (Fsp3) is 0.538. The van der Waals surface area contributed by atoms with Crippen LogP contribution in [0, 0.1) is 5.92 Å². The Morgan fingerprint density at radius 2 is 2.19 bits per heavy atom. The summed E-state index contributed by atoms with van der Waals surface area (Å²) >= 11 is 7.92. The molecule has 90 valence electrons. The van der Waals surface area contributed by atoms with Crippen LogP contribution in [-0.2, 0) is 6.42 Å². The highest BCUT2D eigenvalue weighted by Crippen LogP contribution is 2.28. The molecule has 1 unspecified atom stereocenters. The second-order valence-corrected chi connectivity index (χ2v) is 5.61. The number of rotatable bonds is 6. The molecule has 3 heteroatoms. The molecule has 0 aliphatic carbocycles. The van der Waals surface area contributed by atoms with E-state index in [0.29, 0.717) is 6.54 Å². The molecular weight excluding hydrogens is 238 g/mol. The summed E-state index contributed by atoms with van der Waals surface area (Å²) in [6.45, 7) is 5.20. The second-order valence-electron chi connectivity index (χ2n) is 4.12. The molecule has 0 spiro atoms. The van der Waals surface area contributed by atoms with E-state index in [-0.39, 0.29) is 0 Å². The number of hydrogen-bond acceptors (Lipinski definition) is 2. The van der Waals surface area contributed by atoms with Crippen molar-refractivity contribution in [3.8, 4) is 0 Å². The van der Waals surface area contributed by atoms with E-state index < -0.39 is 0 Å². The second kappa shape index (κ2) is 7.21. The Morgan fingerprint density at radius 3 is 2.81 bits per heavy atom. The summed E-state index contributed by atoms with van der Waals surface area (Å²) < 4.78 is 0. The summed E-state index contributed by atoms with van der Waals surface area (Å²) in [4.78, 5) is 1.29. The van der Waals surface area contributed by atoms with Crippen LogP contribution >= 0.6 is 23.4 Å². The van der Waals surface area contributed by atoms with Gasteiger partial charge < -0.3 is 5.73 Å². The molecule has 0 aliphatic rings. The maximum Gasteiger partial charge on any atom is 0.0417 e. The van der Waals surface area contributed by atoms with Crippen LogP contribution in [0.2, 0.25) is 5.02 Å². The topological polar surface area (TPSA) is 26.0 Å². The van der Waals surface area contributed by atoms with E-state index in [9.17, 15) is 0 Å². The van der Waals surface area contributed by atoms with Gasteiger partial charge in [-0.2, -0.15) is 0 Å². The predicted molar refractivity (Wildman–Crippen MR) is 74.4 cm³/mol. The van der Waals surface area contributed by atoms with E-state index in [1.165, 1.54) is 16.9 Å². The average molecular weight is 258 g/mol. The molecule has 2 N–H and O–H groups in total. The van der Waals surface area contributed by atoms with Gasteiger partial charge in [-0.15, -0.1) is 11.8 Å². The first-order valence-corrected chi connectivity index (χ1v) is 7.15. The van der Waals surface area contributed by atoms with Gasteiger partial charge >= 0.3 is 0 Å². The molecule has 1 rings (SSSR count). The Hall–Kier alpha value is -0.180. The lowest BCUT2D eigenvalue weighted by Crippen LogP contribution is -2.04. The fourth-order valence-corrected chi connectivity index (χ4v) is 2.88. The Morgan fingerprint density at radius 1 is 1.44 bits per heavy atom. The lowest BCUT2D eigenvalue weighted by atomic mass is 10.1. The molecule has 0 fully saturated rings. The molecule has 0 amide bonds. The molecule has 0 radical (unpaired) electrons. The summed E-state index contributed by atoms with van der Waals surface area (Å²) in [5, 5.41) is 0.812. The first-order chi connectivity index (χ1) is 7.67. The van der Waals surface area contributed by atoms with E-state index in [1.807, 2.05) is 17.8 Å². The third-order valence-corrected chi connectivity index (χ3v) is 4.33. The summed E-state index contributed by atoms with van der Waals surface area (Å²) in [5.41, 5.74) is 6.93. The highest BCUT2D eigenvalue weighted by Gasteiger charge is 2.06. The van der Waals surface area contributed by atoms with Crippen LogP contribution in [-0.4, -0.2) is 12.3 Å². The lowest BCUT2D eigenvalue weighted by Gasteiger charge is -2.11. The SMILES string of the molecule is CCC(C)CSc1cc(Cl)ccc1CCN. The van der Waals surface area contributed by atoms with Crippen molar-refractivity contribution in [1.82, 2.24) is 0 Å². The molecule has 16 heavy (non-hydrogen) atoms. The molecule has 1 atom stereocenters. The first-order valence-electron chi connectivity index (χ1n) is 5.78. The molecular formula is C13H20ClNS. The number of hydrogen-bond donors (Lipinski definition) is 1. The smallest absolute Gasteiger partial charge is 0.0417 e. The predicted octanol–water partition coefficient (Wildman–Crippen LogP) is 3.98. The third-order valence-electron chi connectivity index (χ3n) is 2.66. The van der Waals surface area contributed by atoms with Crippen LogP contribution in [0.25, 0.3) is 0 Å². The number of thioether (sulfide) groups is 1. The van der Waals surface area contributed by atoms with Gasteiger partial charge in [-0.05, 0) is 36.6 Å². The number of benzene rings is 1. The minimum atomic E-state index is 0.693. The number of nitrogens with two attached hydrogens (primary N) is 1. The zero-order chi connectivity index (χ0) is 12.0. The standard InChI is InChI=1S/C13H20ClNS/c1-3-10(2)9-16-13-8-12(14)5-4-11(13)6-7-15/h4-5,8,10H,3,6-7,9,15H2,1-2H3. The summed E-state index contributed by atoms with van der Waals surface area (Å²) in [6, 6.07) is 6.09. The van der Waals surface area contributed by atoms with Crippen molar-refractivity contribution in [3.05, 3.63) is 28.8 Å². The van der Waals surface area contributed by atoms with Gasteiger partial charge in [0.05, 0.1) is 0 Å². The van der Waals surface area contributed by atoms with Crippen LogP contribution in [0.5, 0.6) is 0 Å². The van der Waals surface area contributed by atoms with Crippen LogP contribution in [0.15, 0.2) is 23.1 Å². The Kier molecular flexibility index (Phi) is 6.25. The maximum absolute atomic E-state index is 6.02. The van der Waals surface area contributed by atoms with E-state index in [1.54, 1.807) is 0 Å². The van der Waals surface area contributed by atoms with Gasteiger partial charge in [0, 0.05) is 15.7 Å². The maximum atomic E-state index is 6.02. The van der Waals surface area contributed by atoms with Crippen molar-refractivity contribution in [2.45, 2.75) is 31.6 Å². The van der Waals surface area contributed by atoms with Gasteiger partial charge in [0.25, 0.3) is 0 Å². The average Bonchev–Trinajstić information content (AvgIpc) is 2.29. The zero-order valence-electron chi connectivity index (χ0n) is 10.0. The molecule has 0 heterocycles. The molecule has 1 aromatic carbocycles. The molecule has 0 saturated heterocycles. The zero-order valence-corrected chi connectivity index (χ0v) is 11.6. The van der Waals surface area contributed by atoms with Gasteiger partial charge in [-0.3, -0.25) is 0 Å². The number of halogens is 1. The van der Waals surface area contributed by atoms with Crippen molar-refractivity contribution < 1.29 is 0 Å². The van der Waals surface area contributed by atoms with E-state index in [0.717, 1.165) is 23.1 Å². The van der Waals surface area contributed by atoms with Gasteiger partial charge in [-0.1, -0.05) is 37.9 Å². The Bertz CT molecular complexity index is 328. The highest BCUT2D eigenvalue weighted by molar-refractivity contribution is 7.99. The Balaban J connectivity index is 2.71. The highest BCUT2D eigenvalue weighted by atomic mass is 35.5. The van der Waals surface area contributed by atoms with Crippen molar-refractivity contribution >= 4 is 23.4 Å². The van der Waals surface area contributed by atoms with Crippen molar-refractivity contribution in [2.24, 2.45) is 11.7 Å². The molecule has 0 aromatic heterocycles. The Labute approximate surface area is 108 Å². The van der Waals surface area contributed by atoms with Gasteiger partial charge in [0.15, 0.2) is 0 Å². The monoisotopic (exact) mass is 257 g/mol. The fourth-order valence-electron chi connectivity index (χ4n) is 1.37. The van der Waals surface area contributed by atoms with Crippen molar-refractivity contribution in [2.75, 3.05) is 12.3 Å². The minimum Gasteiger partial charge on any atom is -0.330 e. The van der Waals surface area contributed by atoms with Crippen LogP contribution in [0.4, 0.5) is 0 Å². The van der Waals surface area contributed by atoms with Crippen LogP contribution in [0.1, 0.15) is 25.8 Å². The molecule has 0 bridgehead atoms. The van der Waals surface area contributed by atoms with Crippen LogP contribution in [0.3, 0.4) is 0 Å². The van der Waals surface area contributed by atoms with E-state index >= 15 is 0 Å². The minimum absolute atomic E-state index is 0.693. The van der Waals surface area contributed by atoms with Crippen molar-refractivity contribution in [1.29, 1.82) is 0 Å². The summed E-state index contributed by atoms with van der Waals surface area (Å²) in [7, 11) is 0. The van der Waals surface area contributed by atoms with Gasteiger partial charge in [-0.25, -0.2) is 0 Å². The van der Waals surface area contributed by atoms with Gasteiger partial charge in [0.2, 0.25) is 0 Å². The summed E-state index contributed by atoms with van der Waals surface area (Å²) in [5.74, 6) is 1.89. The normalized spacial score (nSPS) is 12.8. The largest absolute Gasteiger partial charge is 0.330 e. The van der Waals surface area contributed by atoms with Crippen molar-refractivity contribution in [3.63, 3.8) is 0 Å². The van der Waals surface area contributed by atoms with E-state index in [2.05, 4.69) is 26.0 Å². The van der Waals surface area contributed by atoms with Gasteiger partial charge in [0.1, 0.15) is 0 Å². The summed E-state index contributed by atoms with van der Waals surface area (Å²) in [6.07, 6.45) is 2.15.